The summed E-state index contributed by atoms with van der Waals surface area (Å²) in [5.41, 5.74) is -3.66. The van der Waals surface area contributed by atoms with Crippen LogP contribution in [0.25, 0.3) is 0 Å². The molecule has 0 radical (unpaired) electrons. The molecule has 12 heteroatoms. The summed E-state index contributed by atoms with van der Waals surface area (Å²) in [7, 11) is 0. The zero-order valence-corrected chi connectivity index (χ0v) is 27.9. The molecule has 1 aromatic rings. The molecule has 1 saturated carbocycles. The summed E-state index contributed by atoms with van der Waals surface area (Å²) < 4.78 is 28.8. The first-order valence-corrected chi connectivity index (χ1v) is 15.3. The lowest BCUT2D eigenvalue weighted by Gasteiger charge is -2.42. The van der Waals surface area contributed by atoms with Crippen molar-refractivity contribution >= 4 is 41.4 Å². The van der Waals surface area contributed by atoms with Gasteiger partial charge in [-0.3, -0.25) is 28.8 Å². The lowest BCUT2D eigenvalue weighted by atomic mass is 9.72. The zero-order chi connectivity index (χ0) is 35.4. The summed E-state index contributed by atoms with van der Waals surface area (Å²) in [6, 6.07) is 7.76. The Balaban J connectivity index is 2.44. The molecule has 0 aromatic heterocycles. The molecule has 0 N–H and O–H groups in total. The number of benzene rings is 1. The van der Waals surface area contributed by atoms with Gasteiger partial charge in [0.15, 0.2) is 23.3 Å². The number of rotatable bonds is 6. The minimum absolute atomic E-state index is 0.0779. The van der Waals surface area contributed by atoms with E-state index in [-0.39, 0.29) is 17.6 Å². The Morgan fingerprint density at radius 3 is 1.83 bits per heavy atom. The maximum absolute atomic E-state index is 14.5. The van der Waals surface area contributed by atoms with Crippen LogP contribution in [0.2, 0.25) is 0 Å². The van der Waals surface area contributed by atoms with Gasteiger partial charge in [-0.1, -0.05) is 50.8 Å². The third-order valence-corrected chi connectivity index (χ3v) is 8.39. The molecule has 0 aliphatic heterocycles. The molecule has 0 amide bonds. The van der Waals surface area contributed by atoms with Crippen LogP contribution in [0, 0.1) is 23.2 Å². The summed E-state index contributed by atoms with van der Waals surface area (Å²) in [6.45, 7) is 14.7. The minimum atomic E-state index is -2.05. The molecular formula is C35H42O12. The number of carbonyl (C=O) groups is 7. The van der Waals surface area contributed by atoms with E-state index in [0.29, 0.717) is 0 Å². The SMILES string of the molecule is C=C1[C@@H](OC(C)=O)[C@H]2[C@@H](OC(C)=O)[C@@H](C)C[C@]2(OC(C)=O)C(=O)[C@@H](C)/C=C\C(C)(C)C(=O)[C@H](OC(C)=O)[C@H]1OC(=O)c1ccccc1. The maximum Gasteiger partial charge on any atom is 0.338 e. The summed E-state index contributed by atoms with van der Waals surface area (Å²) >= 11 is 0. The van der Waals surface area contributed by atoms with Crippen LogP contribution in [0.5, 0.6) is 0 Å². The van der Waals surface area contributed by atoms with Crippen LogP contribution >= 0.6 is 0 Å². The Bertz CT molecular complexity index is 1470. The predicted molar refractivity (Wildman–Crippen MR) is 165 cm³/mol. The van der Waals surface area contributed by atoms with E-state index in [4.69, 9.17) is 23.7 Å². The van der Waals surface area contributed by atoms with Crippen molar-refractivity contribution in [3.8, 4) is 0 Å². The molecule has 47 heavy (non-hydrogen) atoms. The Kier molecular flexibility index (Phi) is 11.3. The number of allylic oxidation sites excluding steroid dienone is 2. The zero-order valence-electron chi connectivity index (χ0n) is 27.9. The second-order valence-corrected chi connectivity index (χ2v) is 12.7. The molecule has 0 heterocycles. The van der Waals surface area contributed by atoms with Gasteiger partial charge in [0.2, 0.25) is 6.10 Å². The molecule has 12 nitrogen and oxygen atoms in total. The van der Waals surface area contributed by atoms with Crippen LogP contribution in [-0.4, -0.2) is 71.4 Å². The molecule has 254 valence electrons. The van der Waals surface area contributed by atoms with Gasteiger partial charge in [0.25, 0.3) is 0 Å². The fourth-order valence-electron chi connectivity index (χ4n) is 6.38. The largest absolute Gasteiger partial charge is 0.462 e. The van der Waals surface area contributed by atoms with Gasteiger partial charge in [0.05, 0.1) is 11.5 Å². The molecule has 0 spiro atoms. The fourth-order valence-corrected chi connectivity index (χ4v) is 6.38. The molecule has 0 bridgehead atoms. The Labute approximate surface area is 273 Å². The second-order valence-electron chi connectivity index (χ2n) is 12.7. The summed E-state index contributed by atoms with van der Waals surface area (Å²) in [4.78, 5) is 92.6. The van der Waals surface area contributed by atoms with Crippen molar-refractivity contribution in [1.29, 1.82) is 0 Å². The van der Waals surface area contributed by atoms with Gasteiger partial charge >= 0.3 is 29.8 Å². The minimum Gasteiger partial charge on any atom is -0.462 e. The number of ether oxygens (including phenoxy) is 5. The second kappa shape index (κ2) is 14.4. The van der Waals surface area contributed by atoms with Crippen LogP contribution in [0.1, 0.15) is 72.2 Å². The van der Waals surface area contributed by atoms with E-state index in [9.17, 15) is 33.6 Å². The van der Waals surface area contributed by atoms with Gasteiger partial charge in [-0.15, -0.1) is 0 Å². The van der Waals surface area contributed by atoms with E-state index in [1.807, 2.05) is 0 Å². The average Bonchev–Trinajstić information content (AvgIpc) is 3.24. The number of hydrogen-bond acceptors (Lipinski definition) is 12. The highest BCUT2D eigenvalue weighted by Gasteiger charge is 2.65. The first kappa shape index (κ1) is 36.9. The van der Waals surface area contributed by atoms with E-state index in [0.717, 1.165) is 27.7 Å². The van der Waals surface area contributed by atoms with E-state index >= 15 is 0 Å². The molecule has 2 aliphatic carbocycles. The van der Waals surface area contributed by atoms with Gasteiger partial charge in [0.1, 0.15) is 12.2 Å². The first-order valence-electron chi connectivity index (χ1n) is 15.3. The van der Waals surface area contributed by atoms with Crippen molar-refractivity contribution in [2.75, 3.05) is 0 Å². The van der Waals surface area contributed by atoms with Gasteiger partial charge < -0.3 is 23.7 Å². The van der Waals surface area contributed by atoms with Crippen LogP contribution in [-0.2, 0) is 52.5 Å². The predicted octanol–water partition coefficient (Wildman–Crippen LogP) is 3.89. The lowest BCUT2D eigenvalue weighted by molar-refractivity contribution is -0.186. The number of fused-ring (bicyclic) bond motifs is 1. The monoisotopic (exact) mass is 654 g/mol. The highest BCUT2D eigenvalue weighted by atomic mass is 16.6. The first-order chi connectivity index (χ1) is 21.8. The average molecular weight is 655 g/mol. The van der Waals surface area contributed by atoms with Crippen LogP contribution in [0.4, 0.5) is 0 Å². The quantitative estimate of drug-likeness (QED) is 0.247. The molecule has 1 aromatic carbocycles. The summed E-state index contributed by atoms with van der Waals surface area (Å²) in [6.07, 6.45) is -3.71. The molecule has 3 rings (SSSR count). The number of Topliss-reactive ketones (excluding diaryl/α,β-unsaturated/α-hetero) is 2. The highest BCUT2D eigenvalue weighted by Crippen LogP contribution is 2.51. The van der Waals surface area contributed by atoms with Crippen molar-refractivity contribution in [1.82, 2.24) is 0 Å². The maximum atomic E-state index is 14.5. The van der Waals surface area contributed by atoms with Crippen molar-refractivity contribution in [2.45, 2.75) is 91.8 Å². The van der Waals surface area contributed by atoms with E-state index in [2.05, 4.69) is 6.58 Å². The number of hydrogen-bond donors (Lipinski definition) is 0. The topological polar surface area (TPSA) is 166 Å². The summed E-state index contributed by atoms with van der Waals surface area (Å²) in [5, 5.41) is 0. The van der Waals surface area contributed by atoms with Crippen molar-refractivity contribution in [2.24, 2.45) is 23.2 Å². The van der Waals surface area contributed by atoms with Crippen molar-refractivity contribution in [3.05, 3.63) is 60.2 Å². The van der Waals surface area contributed by atoms with Gasteiger partial charge in [-0.25, -0.2) is 4.79 Å². The van der Waals surface area contributed by atoms with Crippen molar-refractivity contribution in [3.63, 3.8) is 0 Å². The molecular weight excluding hydrogens is 612 g/mol. The Morgan fingerprint density at radius 1 is 0.745 bits per heavy atom. The molecule has 0 saturated heterocycles. The van der Waals surface area contributed by atoms with Crippen molar-refractivity contribution < 1.29 is 57.2 Å². The molecule has 2 aliphatic rings. The Morgan fingerprint density at radius 2 is 1.30 bits per heavy atom. The van der Waals surface area contributed by atoms with E-state index in [1.54, 1.807) is 32.0 Å². The van der Waals surface area contributed by atoms with Gasteiger partial charge in [-0.2, -0.15) is 0 Å². The molecule has 1 fully saturated rings. The van der Waals surface area contributed by atoms with Crippen LogP contribution in [0.15, 0.2) is 54.6 Å². The molecule has 0 unspecified atom stereocenters. The Hall–Kier alpha value is -4.61. The third kappa shape index (κ3) is 8.04. The standard InChI is InChI=1S/C35H42O12/c1-18-15-16-34(8,9)32(41)30(45-23(6)38)29(46-33(42)25-13-11-10-12-14-25)20(3)28(44-22(5)37)26-27(43-21(4)36)19(2)17-35(26,31(18)40)47-24(7)39/h10-16,18-19,26-30H,3,17H2,1-2,4-9H3/b16-15-/t18-,19-,26+,27-,28+,29-,30+,35+/m0/s1. The summed E-state index contributed by atoms with van der Waals surface area (Å²) in [5.74, 6) is -8.65. The smallest absolute Gasteiger partial charge is 0.338 e. The van der Waals surface area contributed by atoms with E-state index in [1.165, 1.54) is 38.1 Å². The normalized spacial score (nSPS) is 31.2. The number of carbonyl (C=O) groups excluding carboxylic acids is 7. The number of ketones is 2. The lowest BCUT2D eigenvalue weighted by Crippen LogP contribution is -2.58. The van der Waals surface area contributed by atoms with Crippen LogP contribution in [0.3, 0.4) is 0 Å². The van der Waals surface area contributed by atoms with Gasteiger partial charge in [0, 0.05) is 51.0 Å². The third-order valence-electron chi connectivity index (χ3n) is 8.39. The van der Waals surface area contributed by atoms with E-state index < -0.39 is 94.6 Å². The highest BCUT2D eigenvalue weighted by molar-refractivity contribution is 5.96. The number of esters is 5. The van der Waals surface area contributed by atoms with Crippen LogP contribution < -0.4 is 0 Å². The molecule has 8 atom stereocenters. The van der Waals surface area contributed by atoms with Gasteiger partial charge in [-0.05, 0) is 31.9 Å². The fraction of sp³-hybridized carbons (Fsp3) is 0.514.